The van der Waals surface area contributed by atoms with Crippen molar-refractivity contribution in [1.29, 1.82) is 0 Å². The highest BCUT2D eigenvalue weighted by Gasteiger charge is 2.07. The van der Waals surface area contributed by atoms with Crippen molar-refractivity contribution in [3.8, 4) is 0 Å². The van der Waals surface area contributed by atoms with Crippen molar-refractivity contribution in [2.24, 2.45) is 0 Å². The van der Waals surface area contributed by atoms with Gasteiger partial charge in [0.1, 0.15) is 11.5 Å². The number of aryl methyl sites for hydroxylation is 1. The summed E-state index contributed by atoms with van der Waals surface area (Å²) in [7, 11) is 0. The lowest BCUT2D eigenvalue weighted by molar-refractivity contribution is 0.0949. The van der Waals surface area contributed by atoms with E-state index in [0.717, 1.165) is 17.9 Å². The van der Waals surface area contributed by atoms with Gasteiger partial charge in [0.25, 0.3) is 5.91 Å². The van der Waals surface area contributed by atoms with Crippen LogP contribution < -0.4 is 10.6 Å². The van der Waals surface area contributed by atoms with Gasteiger partial charge in [-0.3, -0.25) is 4.79 Å². The van der Waals surface area contributed by atoms with Crippen molar-refractivity contribution in [3.05, 3.63) is 71.7 Å². The molecule has 2 heterocycles. The molecule has 0 aliphatic carbocycles. The van der Waals surface area contributed by atoms with E-state index in [9.17, 15) is 4.79 Å². The second-order valence-corrected chi connectivity index (χ2v) is 5.37. The Morgan fingerprint density at radius 2 is 2.00 bits per heavy atom. The Morgan fingerprint density at radius 3 is 2.67 bits per heavy atom. The second-order valence-electron chi connectivity index (χ2n) is 5.37. The average molecular weight is 322 g/mol. The number of benzene rings is 1. The molecule has 2 aromatic heterocycles. The van der Waals surface area contributed by atoms with E-state index >= 15 is 0 Å². The minimum absolute atomic E-state index is 0.185. The van der Waals surface area contributed by atoms with Gasteiger partial charge in [0.2, 0.25) is 0 Å². The zero-order chi connectivity index (χ0) is 16.8. The van der Waals surface area contributed by atoms with Gasteiger partial charge in [0, 0.05) is 12.6 Å². The highest BCUT2D eigenvalue weighted by atomic mass is 16.5. The summed E-state index contributed by atoms with van der Waals surface area (Å²) in [6.07, 6.45) is 2.38. The topological polar surface area (TPSA) is 80.0 Å². The van der Waals surface area contributed by atoms with Crippen molar-refractivity contribution in [1.82, 2.24) is 15.5 Å². The van der Waals surface area contributed by atoms with Crippen LogP contribution in [0.1, 0.15) is 21.8 Å². The Labute approximate surface area is 139 Å². The second kappa shape index (κ2) is 7.41. The predicted octanol–water partition coefficient (Wildman–Crippen LogP) is 3.09. The summed E-state index contributed by atoms with van der Waals surface area (Å²) in [5.41, 5.74) is 2.31. The molecule has 6 heteroatoms. The van der Waals surface area contributed by atoms with Gasteiger partial charge >= 0.3 is 0 Å². The molecule has 0 unspecified atom stereocenters. The van der Waals surface area contributed by atoms with E-state index in [0.29, 0.717) is 18.1 Å². The van der Waals surface area contributed by atoms with Crippen molar-refractivity contribution < 1.29 is 9.32 Å². The molecule has 0 saturated carbocycles. The number of aromatic nitrogens is 2. The molecule has 24 heavy (non-hydrogen) atoms. The first-order valence-corrected chi connectivity index (χ1v) is 7.69. The van der Waals surface area contributed by atoms with Crippen molar-refractivity contribution in [2.45, 2.75) is 13.3 Å². The van der Waals surface area contributed by atoms with E-state index < -0.39 is 0 Å². The number of anilines is 2. The SMILES string of the molecule is Cc1cc(Nc2ccc(C(=O)NCCc3ccccc3)nc2)no1. The zero-order valence-corrected chi connectivity index (χ0v) is 13.3. The van der Waals surface area contributed by atoms with Crippen LogP contribution in [-0.4, -0.2) is 22.6 Å². The van der Waals surface area contributed by atoms with Crippen LogP contribution >= 0.6 is 0 Å². The van der Waals surface area contributed by atoms with E-state index in [-0.39, 0.29) is 5.91 Å². The number of nitrogens with one attached hydrogen (secondary N) is 2. The van der Waals surface area contributed by atoms with Crippen molar-refractivity contribution in [3.63, 3.8) is 0 Å². The third-order valence-corrected chi connectivity index (χ3v) is 3.44. The monoisotopic (exact) mass is 322 g/mol. The van der Waals surface area contributed by atoms with E-state index in [2.05, 4.69) is 20.8 Å². The number of amides is 1. The van der Waals surface area contributed by atoms with E-state index in [1.165, 1.54) is 5.56 Å². The minimum Gasteiger partial charge on any atom is -0.360 e. The van der Waals surface area contributed by atoms with Crippen molar-refractivity contribution in [2.75, 3.05) is 11.9 Å². The van der Waals surface area contributed by atoms with Crippen LogP contribution in [0.4, 0.5) is 11.5 Å². The van der Waals surface area contributed by atoms with Crippen LogP contribution in [0.15, 0.2) is 59.3 Å². The third kappa shape index (κ3) is 4.19. The number of hydrogen-bond acceptors (Lipinski definition) is 5. The predicted molar refractivity (Wildman–Crippen MR) is 91.2 cm³/mol. The highest BCUT2D eigenvalue weighted by molar-refractivity contribution is 5.92. The van der Waals surface area contributed by atoms with Gasteiger partial charge in [0.15, 0.2) is 5.82 Å². The lowest BCUT2D eigenvalue weighted by atomic mass is 10.1. The Bertz CT molecular complexity index is 797. The fourth-order valence-electron chi connectivity index (χ4n) is 2.23. The summed E-state index contributed by atoms with van der Waals surface area (Å²) in [6.45, 7) is 2.39. The molecule has 122 valence electrons. The van der Waals surface area contributed by atoms with Gasteiger partial charge in [0.05, 0.1) is 11.9 Å². The largest absolute Gasteiger partial charge is 0.360 e. The van der Waals surface area contributed by atoms with Crippen LogP contribution in [0.2, 0.25) is 0 Å². The molecular weight excluding hydrogens is 304 g/mol. The lowest BCUT2D eigenvalue weighted by Gasteiger charge is -2.06. The zero-order valence-electron chi connectivity index (χ0n) is 13.3. The first-order chi connectivity index (χ1) is 11.7. The van der Waals surface area contributed by atoms with Gasteiger partial charge in [-0.05, 0) is 31.0 Å². The molecule has 0 saturated heterocycles. The molecule has 0 aliphatic rings. The quantitative estimate of drug-likeness (QED) is 0.729. The van der Waals surface area contributed by atoms with Crippen molar-refractivity contribution >= 4 is 17.4 Å². The first-order valence-electron chi connectivity index (χ1n) is 7.69. The van der Waals surface area contributed by atoms with Crippen LogP contribution in [-0.2, 0) is 6.42 Å². The van der Waals surface area contributed by atoms with Gasteiger partial charge in [-0.15, -0.1) is 0 Å². The van der Waals surface area contributed by atoms with Gasteiger partial charge < -0.3 is 15.2 Å². The smallest absolute Gasteiger partial charge is 0.269 e. The fourth-order valence-corrected chi connectivity index (χ4v) is 2.23. The molecular formula is C18H18N4O2. The van der Waals surface area contributed by atoms with Crippen LogP contribution in [0.3, 0.4) is 0 Å². The number of carbonyl (C=O) groups excluding carboxylic acids is 1. The van der Waals surface area contributed by atoms with Crippen LogP contribution in [0, 0.1) is 6.92 Å². The molecule has 1 amide bonds. The van der Waals surface area contributed by atoms with Gasteiger partial charge in [-0.2, -0.15) is 0 Å². The standard InChI is InChI=1S/C18H18N4O2/c1-13-11-17(22-24-13)21-15-7-8-16(20-12-15)18(23)19-10-9-14-5-3-2-4-6-14/h2-8,11-12H,9-10H2,1H3,(H,19,23)(H,21,22). The summed E-state index contributed by atoms with van der Waals surface area (Å²) in [5.74, 6) is 1.14. The van der Waals surface area contributed by atoms with Crippen LogP contribution in [0.25, 0.3) is 0 Å². The summed E-state index contributed by atoms with van der Waals surface area (Å²) in [5, 5.41) is 9.77. The molecule has 0 bridgehead atoms. The molecule has 6 nitrogen and oxygen atoms in total. The average Bonchev–Trinajstić information content (AvgIpc) is 3.01. The number of hydrogen-bond donors (Lipinski definition) is 2. The number of nitrogens with zero attached hydrogens (tertiary/aromatic N) is 2. The first kappa shape index (κ1) is 15.7. The fraction of sp³-hybridized carbons (Fsp3) is 0.167. The molecule has 0 spiro atoms. The summed E-state index contributed by atoms with van der Waals surface area (Å²) in [6, 6.07) is 15.3. The summed E-state index contributed by atoms with van der Waals surface area (Å²) >= 11 is 0. The number of rotatable bonds is 6. The van der Waals surface area contributed by atoms with E-state index in [4.69, 9.17) is 4.52 Å². The molecule has 0 atom stereocenters. The highest BCUT2D eigenvalue weighted by Crippen LogP contribution is 2.15. The van der Waals surface area contributed by atoms with Crippen LogP contribution in [0.5, 0.6) is 0 Å². The van der Waals surface area contributed by atoms with Gasteiger partial charge in [-0.1, -0.05) is 35.5 Å². The summed E-state index contributed by atoms with van der Waals surface area (Å²) in [4.78, 5) is 16.3. The van der Waals surface area contributed by atoms with Gasteiger partial charge in [-0.25, -0.2) is 4.98 Å². The molecule has 0 aliphatic heterocycles. The molecule has 3 aromatic rings. The Balaban J connectivity index is 1.52. The molecule has 1 aromatic carbocycles. The Kier molecular flexibility index (Phi) is 4.86. The number of pyridine rings is 1. The Morgan fingerprint density at radius 1 is 1.17 bits per heavy atom. The lowest BCUT2D eigenvalue weighted by Crippen LogP contribution is -2.26. The Hall–Kier alpha value is -3.15. The number of carbonyl (C=O) groups is 1. The molecule has 3 rings (SSSR count). The normalized spacial score (nSPS) is 10.4. The maximum absolute atomic E-state index is 12.1. The van der Waals surface area contributed by atoms with E-state index in [1.54, 1.807) is 24.4 Å². The molecule has 0 radical (unpaired) electrons. The molecule has 0 fully saturated rings. The van der Waals surface area contributed by atoms with E-state index in [1.807, 2.05) is 37.3 Å². The minimum atomic E-state index is -0.185. The maximum atomic E-state index is 12.1. The maximum Gasteiger partial charge on any atom is 0.269 e. The third-order valence-electron chi connectivity index (χ3n) is 3.44. The molecule has 2 N–H and O–H groups in total. The summed E-state index contributed by atoms with van der Waals surface area (Å²) < 4.78 is 4.98.